The van der Waals surface area contributed by atoms with Crippen LogP contribution in [-0.2, 0) is 4.74 Å². The number of nitrogens with zero attached hydrogens (tertiary/aromatic N) is 1. The quantitative estimate of drug-likeness (QED) is 0.849. The molecule has 19 heavy (non-hydrogen) atoms. The van der Waals surface area contributed by atoms with Crippen LogP contribution in [0.25, 0.3) is 0 Å². The Morgan fingerprint density at radius 3 is 2.74 bits per heavy atom. The van der Waals surface area contributed by atoms with Gasteiger partial charge < -0.3 is 10.1 Å². The van der Waals surface area contributed by atoms with E-state index in [4.69, 9.17) is 4.74 Å². The van der Waals surface area contributed by atoms with E-state index in [1.807, 2.05) is 0 Å². The minimum Gasteiger partial charge on any atom is -0.377 e. The van der Waals surface area contributed by atoms with Gasteiger partial charge in [0.05, 0.1) is 6.10 Å². The van der Waals surface area contributed by atoms with Gasteiger partial charge in [0.25, 0.3) is 0 Å². The summed E-state index contributed by atoms with van der Waals surface area (Å²) in [5, 5.41) is 3.88. The predicted octanol–water partition coefficient (Wildman–Crippen LogP) is 2.55. The number of piperazine rings is 1. The van der Waals surface area contributed by atoms with E-state index < -0.39 is 0 Å². The highest BCUT2D eigenvalue weighted by Crippen LogP contribution is 2.34. The molecule has 3 heteroatoms. The van der Waals surface area contributed by atoms with Gasteiger partial charge in [-0.05, 0) is 38.5 Å². The monoisotopic (exact) mass is 266 g/mol. The molecule has 3 nitrogen and oxygen atoms in total. The molecule has 0 bridgehead atoms. The molecule has 1 aliphatic carbocycles. The number of ether oxygens (including phenoxy) is 1. The van der Waals surface area contributed by atoms with E-state index in [2.05, 4.69) is 17.1 Å². The van der Waals surface area contributed by atoms with Crippen molar-refractivity contribution in [2.75, 3.05) is 26.2 Å². The molecular weight excluding hydrogens is 236 g/mol. The van der Waals surface area contributed by atoms with Crippen molar-refractivity contribution in [3.63, 3.8) is 0 Å². The Kier molecular flexibility index (Phi) is 4.45. The lowest BCUT2D eigenvalue weighted by Crippen LogP contribution is -2.64. The normalized spacial score (nSPS) is 35.8. The molecule has 1 spiro atoms. The zero-order valence-corrected chi connectivity index (χ0v) is 12.5. The van der Waals surface area contributed by atoms with Crippen LogP contribution in [0.1, 0.15) is 58.3 Å². The minimum absolute atomic E-state index is 0.445. The Morgan fingerprint density at radius 1 is 1.21 bits per heavy atom. The summed E-state index contributed by atoms with van der Waals surface area (Å²) in [6, 6.07) is 0.719. The smallest absolute Gasteiger partial charge is 0.0702 e. The van der Waals surface area contributed by atoms with Gasteiger partial charge in [0.2, 0.25) is 0 Å². The van der Waals surface area contributed by atoms with E-state index in [0.717, 1.165) is 12.6 Å². The fraction of sp³-hybridized carbons (Fsp3) is 1.00. The summed E-state index contributed by atoms with van der Waals surface area (Å²) < 4.78 is 5.96. The number of rotatable bonds is 3. The highest BCUT2D eigenvalue weighted by atomic mass is 16.5. The second-order valence-electron chi connectivity index (χ2n) is 6.85. The maximum atomic E-state index is 5.96. The summed E-state index contributed by atoms with van der Waals surface area (Å²) in [5.74, 6) is 0. The van der Waals surface area contributed by atoms with E-state index in [1.165, 1.54) is 71.0 Å². The summed E-state index contributed by atoms with van der Waals surface area (Å²) >= 11 is 0. The lowest BCUT2D eigenvalue weighted by Gasteiger charge is -2.47. The molecule has 3 fully saturated rings. The van der Waals surface area contributed by atoms with Gasteiger partial charge in [-0.2, -0.15) is 0 Å². The van der Waals surface area contributed by atoms with Crippen LogP contribution >= 0.6 is 0 Å². The molecule has 0 aromatic rings. The van der Waals surface area contributed by atoms with Gasteiger partial charge in [-0.1, -0.05) is 19.8 Å². The second kappa shape index (κ2) is 6.11. The zero-order chi connectivity index (χ0) is 13.1. The van der Waals surface area contributed by atoms with Crippen LogP contribution in [0.4, 0.5) is 0 Å². The van der Waals surface area contributed by atoms with Crippen LogP contribution < -0.4 is 5.32 Å². The summed E-state index contributed by atoms with van der Waals surface area (Å²) in [5.41, 5.74) is 0.445. The lowest BCUT2D eigenvalue weighted by molar-refractivity contribution is -0.0298. The van der Waals surface area contributed by atoms with Crippen LogP contribution in [0, 0.1) is 0 Å². The molecule has 3 aliphatic rings. The van der Waals surface area contributed by atoms with Crippen molar-refractivity contribution in [1.29, 1.82) is 0 Å². The third-order valence-corrected chi connectivity index (χ3v) is 5.48. The fourth-order valence-electron chi connectivity index (χ4n) is 4.25. The van der Waals surface area contributed by atoms with Gasteiger partial charge in [0, 0.05) is 37.8 Å². The van der Waals surface area contributed by atoms with Crippen molar-refractivity contribution in [2.24, 2.45) is 0 Å². The van der Waals surface area contributed by atoms with E-state index in [9.17, 15) is 0 Å². The summed E-state index contributed by atoms with van der Waals surface area (Å²) in [6.45, 7) is 6.92. The first-order chi connectivity index (χ1) is 9.31. The van der Waals surface area contributed by atoms with Gasteiger partial charge in [-0.25, -0.2) is 0 Å². The van der Waals surface area contributed by atoms with Gasteiger partial charge in [0.1, 0.15) is 0 Å². The highest BCUT2D eigenvalue weighted by Gasteiger charge is 2.41. The van der Waals surface area contributed by atoms with Crippen LogP contribution in [0.5, 0.6) is 0 Å². The number of hydrogen-bond donors (Lipinski definition) is 1. The second-order valence-corrected chi connectivity index (χ2v) is 6.85. The topological polar surface area (TPSA) is 24.5 Å². The summed E-state index contributed by atoms with van der Waals surface area (Å²) in [7, 11) is 0. The molecule has 0 aromatic heterocycles. The largest absolute Gasteiger partial charge is 0.377 e. The molecule has 2 aliphatic heterocycles. The molecule has 1 saturated carbocycles. The molecule has 2 unspecified atom stereocenters. The van der Waals surface area contributed by atoms with Crippen molar-refractivity contribution in [2.45, 2.75) is 76.0 Å². The van der Waals surface area contributed by atoms with Crippen molar-refractivity contribution in [3.8, 4) is 0 Å². The number of nitrogens with one attached hydrogen (secondary N) is 1. The van der Waals surface area contributed by atoms with E-state index in [1.54, 1.807) is 0 Å². The van der Waals surface area contributed by atoms with Crippen LogP contribution in [0.3, 0.4) is 0 Å². The average molecular weight is 266 g/mol. The Hall–Kier alpha value is -0.120. The van der Waals surface area contributed by atoms with Gasteiger partial charge in [-0.15, -0.1) is 0 Å². The van der Waals surface area contributed by atoms with Gasteiger partial charge in [-0.3, -0.25) is 4.90 Å². The molecule has 1 N–H and O–H groups in total. The first-order valence-corrected chi connectivity index (χ1v) is 8.42. The highest BCUT2D eigenvalue weighted by molar-refractivity contribution is 5.01. The van der Waals surface area contributed by atoms with Gasteiger partial charge >= 0.3 is 0 Å². The average Bonchev–Trinajstić information content (AvgIpc) is 2.88. The molecule has 0 aromatic carbocycles. The molecule has 2 heterocycles. The first kappa shape index (κ1) is 13.8. The SMILES string of the molecule is CCC1CNC2(CCCC2)CN1CC1CCCCO1. The third-order valence-electron chi connectivity index (χ3n) is 5.48. The Bertz CT molecular complexity index is 282. The zero-order valence-electron chi connectivity index (χ0n) is 12.5. The fourth-order valence-corrected chi connectivity index (χ4v) is 4.25. The van der Waals surface area contributed by atoms with Crippen LogP contribution in [0.2, 0.25) is 0 Å². The minimum atomic E-state index is 0.445. The molecule has 2 saturated heterocycles. The van der Waals surface area contributed by atoms with Crippen molar-refractivity contribution in [1.82, 2.24) is 10.2 Å². The maximum absolute atomic E-state index is 5.96. The van der Waals surface area contributed by atoms with E-state index in [-0.39, 0.29) is 0 Å². The van der Waals surface area contributed by atoms with Crippen LogP contribution in [0.15, 0.2) is 0 Å². The Morgan fingerprint density at radius 2 is 2.05 bits per heavy atom. The molecule has 2 atom stereocenters. The first-order valence-electron chi connectivity index (χ1n) is 8.42. The third kappa shape index (κ3) is 3.14. The van der Waals surface area contributed by atoms with Crippen molar-refractivity contribution in [3.05, 3.63) is 0 Å². The molecule has 3 rings (SSSR count). The Balaban J connectivity index is 1.61. The molecular formula is C16H30N2O. The van der Waals surface area contributed by atoms with E-state index in [0.29, 0.717) is 11.6 Å². The molecule has 110 valence electrons. The maximum Gasteiger partial charge on any atom is 0.0702 e. The summed E-state index contributed by atoms with van der Waals surface area (Å²) in [4.78, 5) is 2.75. The predicted molar refractivity (Wildman–Crippen MR) is 78.4 cm³/mol. The van der Waals surface area contributed by atoms with Crippen molar-refractivity contribution < 1.29 is 4.74 Å². The number of hydrogen-bond acceptors (Lipinski definition) is 3. The van der Waals surface area contributed by atoms with Crippen molar-refractivity contribution >= 4 is 0 Å². The van der Waals surface area contributed by atoms with Gasteiger partial charge in [0.15, 0.2) is 0 Å². The molecule has 0 radical (unpaired) electrons. The standard InChI is InChI=1S/C16H30N2O/c1-2-14-11-17-16(8-4-5-9-16)13-18(14)12-15-7-3-6-10-19-15/h14-15,17H,2-13H2,1H3. The Labute approximate surface area is 118 Å². The summed E-state index contributed by atoms with van der Waals surface area (Å²) in [6.07, 6.45) is 11.2. The molecule has 0 amide bonds. The van der Waals surface area contributed by atoms with E-state index >= 15 is 0 Å². The lowest BCUT2D eigenvalue weighted by atomic mass is 9.91. The van der Waals surface area contributed by atoms with Crippen LogP contribution in [-0.4, -0.2) is 48.8 Å².